The van der Waals surface area contributed by atoms with Crippen molar-refractivity contribution in [3.63, 3.8) is 0 Å². The Hall–Kier alpha value is -2.13. The Morgan fingerprint density at radius 1 is 1.05 bits per heavy atom. The number of hydrogen-bond donors (Lipinski definition) is 1. The van der Waals surface area contributed by atoms with Gasteiger partial charge in [-0.1, -0.05) is 30.3 Å². The minimum atomic E-state index is -0.129. The molecule has 2 aromatic rings. The zero-order valence-corrected chi connectivity index (χ0v) is 11.8. The molecule has 20 heavy (non-hydrogen) atoms. The van der Waals surface area contributed by atoms with Crippen LogP contribution in [0.3, 0.4) is 0 Å². The number of nitrogens with one attached hydrogen (secondary N) is 1. The topological polar surface area (TPSA) is 38.3 Å². The lowest BCUT2D eigenvalue weighted by molar-refractivity contribution is -0.118. The van der Waals surface area contributed by atoms with E-state index in [1.807, 2.05) is 54.6 Å². The van der Waals surface area contributed by atoms with Gasteiger partial charge in [0.1, 0.15) is 17.3 Å². The Labute approximate surface area is 119 Å². The van der Waals surface area contributed by atoms with Gasteiger partial charge in [-0.05, 0) is 50.2 Å². The van der Waals surface area contributed by atoms with Crippen LogP contribution < -0.4 is 10.1 Å². The average Bonchev–Trinajstić information content (AvgIpc) is 2.47. The predicted molar refractivity (Wildman–Crippen MR) is 80.2 cm³/mol. The molecular weight excluding hydrogens is 250 g/mol. The number of hydrogen-bond acceptors (Lipinski definition) is 3. The lowest BCUT2D eigenvalue weighted by Gasteiger charge is -2.13. The van der Waals surface area contributed by atoms with Crippen molar-refractivity contribution in [1.29, 1.82) is 0 Å². The molecule has 0 radical (unpaired) electrons. The van der Waals surface area contributed by atoms with Gasteiger partial charge in [0, 0.05) is 0 Å². The van der Waals surface area contributed by atoms with E-state index in [2.05, 4.69) is 5.32 Å². The molecule has 0 spiro atoms. The molecule has 0 bridgehead atoms. The van der Waals surface area contributed by atoms with Crippen LogP contribution in [0, 0.1) is 0 Å². The van der Waals surface area contributed by atoms with Crippen LogP contribution in [0.4, 0.5) is 0 Å². The lowest BCUT2D eigenvalue weighted by atomic mass is 10.0. The second-order valence-corrected chi connectivity index (χ2v) is 4.72. The van der Waals surface area contributed by atoms with Gasteiger partial charge in [-0.3, -0.25) is 4.79 Å². The highest BCUT2D eigenvalue weighted by molar-refractivity contribution is 5.81. The molecular formula is C17H19NO2. The third-order valence-electron chi connectivity index (χ3n) is 3.18. The Balaban J connectivity index is 2.01. The summed E-state index contributed by atoms with van der Waals surface area (Å²) in [7, 11) is 1.80. The van der Waals surface area contributed by atoms with Gasteiger partial charge in [-0.2, -0.15) is 0 Å². The summed E-state index contributed by atoms with van der Waals surface area (Å²) in [6.07, 6.45) is 0.692. The number of ketones is 1. The maximum atomic E-state index is 11.4. The van der Waals surface area contributed by atoms with Gasteiger partial charge in [-0.15, -0.1) is 0 Å². The normalized spacial score (nSPS) is 11.9. The first-order chi connectivity index (χ1) is 9.69. The van der Waals surface area contributed by atoms with Crippen molar-refractivity contribution < 1.29 is 9.53 Å². The fraction of sp³-hybridized carbons (Fsp3) is 0.235. The summed E-state index contributed by atoms with van der Waals surface area (Å²) in [5.74, 6) is 1.76. The van der Waals surface area contributed by atoms with Crippen molar-refractivity contribution in [2.24, 2.45) is 0 Å². The number of ether oxygens (including phenoxy) is 1. The molecule has 0 saturated carbocycles. The average molecular weight is 269 g/mol. The van der Waals surface area contributed by atoms with E-state index in [4.69, 9.17) is 4.74 Å². The molecule has 3 heteroatoms. The molecule has 0 aliphatic heterocycles. The van der Waals surface area contributed by atoms with Crippen molar-refractivity contribution >= 4 is 5.78 Å². The monoisotopic (exact) mass is 269 g/mol. The van der Waals surface area contributed by atoms with Crippen LogP contribution >= 0.6 is 0 Å². The van der Waals surface area contributed by atoms with E-state index in [0.29, 0.717) is 6.42 Å². The highest BCUT2D eigenvalue weighted by atomic mass is 16.5. The summed E-state index contributed by atoms with van der Waals surface area (Å²) in [5.41, 5.74) is 1.11. The van der Waals surface area contributed by atoms with Crippen molar-refractivity contribution in [2.45, 2.75) is 19.4 Å². The minimum absolute atomic E-state index is 0.129. The molecule has 0 amide bonds. The summed E-state index contributed by atoms with van der Waals surface area (Å²) in [6, 6.07) is 17.4. The van der Waals surface area contributed by atoms with E-state index >= 15 is 0 Å². The number of rotatable bonds is 6. The summed E-state index contributed by atoms with van der Waals surface area (Å²) in [4.78, 5) is 11.4. The standard InChI is InChI=1S/C17H19NO2/c1-13(19)17(18-2)12-14-8-10-16(11-9-14)20-15-6-4-3-5-7-15/h3-11,17-18H,12H2,1-2H3/t17-/m1/s1. The maximum Gasteiger partial charge on any atom is 0.147 e. The van der Waals surface area contributed by atoms with Crippen LogP contribution in [-0.4, -0.2) is 18.9 Å². The first-order valence-electron chi connectivity index (χ1n) is 6.68. The molecule has 104 valence electrons. The largest absolute Gasteiger partial charge is 0.457 e. The highest BCUT2D eigenvalue weighted by Gasteiger charge is 2.11. The third-order valence-corrected chi connectivity index (χ3v) is 3.18. The van der Waals surface area contributed by atoms with Gasteiger partial charge in [0.05, 0.1) is 6.04 Å². The fourth-order valence-corrected chi connectivity index (χ4v) is 2.00. The first-order valence-corrected chi connectivity index (χ1v) is 6.68. The van der Waals surface area contributed by atoms with E-state index < -0.39 is 0 Å². The smallest absolute Gasteiger partial charge is 0.147 e. The summed E-state index contributed by atoms with van der Waals surface area (Å²) < 4.78 is 5.73. The van der Waals surface area contributed by atoms with Gasteiger partial charge < -0.3 is 10.1 Å². The SMILES string of the molecule is CN[C@H](Cc1ccc(Oc2ccccc2)cc1)C(C)=O. The van der Waals surface area contributed by atoms with Crippen molar-refractivity contribution in [2.75, 3.05) is 7.05 Å². The Kier molecular flexibility index (Phi) is 4.91. The molecule has 0 heterocycles. The van der Waals surface area contributed by atoms with Crippen LogP contribution in [0.25, 0.3) is 0 Å². The predicted octanol–water partition coefficient (Wildman–Crippen LogP) is 3.20. The van der Waals surface area contributed by atoms with E-state index in [-0.39, 0.29) is 11.8 Å². The number of carbonyl (C=O) groups is 1. The van der Waals surface area contributed by atoms with E-state index in [1.54, 1.807) is 14.0 Å². The lowest BCUT2D eigenvalue weighted by Crippen LogP contribution is -2.34. The Bertz CT molecular complexity index is 549. The van der Waals surface area contributed by atoms with Crippen LogP contribution in [0.15, 0.2) is 54.6 Å². The van der Waals surface area contributed by atoms with Crippen LogP contribution in [0.1, 0.15) is 12.5 Å². The van der Waals surface area contributed by atoms with Crippen LogP contribution in [-0.2, 0) is 11.2 Å². The number of likely N-dealkylation sites (N-methyl/N-ethyl adjacent to an activating group) is 1. The number of Topliss-reactive ketones (excluding diaryl/α,β-unsaturated/α-hetero) is 1. The molecule has 0 saturated heterocycles. The van der Waals surface area contributed by atoms with Gasteiger partial charge in [0.15, 0.2) is 0 Å². The van der Waals surface area contributed by atoms with Gasteiger partial charge >= 0.3 is 0 Å². The zero-order chi connectivity index (χ0) is 14.4. The molecule has 0 fully saturated rings. The zero-order valence-electron chi connectivity index (χ0n) is 11.8. The van der Waals surface area contributed by atoms with E-state index in [0.717, 1.165) is 17.1 Å². The number of para-hydroxylation sites is 1. The molecule has 0 unspecified atom stereocenters. The molecule has 1 N–H and O–H groups in total. The van der Waals surface area contributed by atoms with Gasteiger partial charge in [0.2, 0.25) is 0 Å². The Morgan fingerprint density at radius 2 is 1.65 bits per heavy atom. The molecule has 2 aromatic carbocycles. The van der Waals surface area contributed by atoms with Gasteiger partial charge in [0.25, 0.3) is 0 Å². The van der Waals surface area contributed by atoms with Crippen molar-refractivity contribution in [3.05, 3.63) is 60.2 Å². The molecule has 0 aromatic heterocycles. The quantitative estimate of drug-likeness (QED) is 0.875. The third kappa shape index (κ3) is 3.93. The molecule has 0 aliphatic carbocycles. The molecule has 2 rings (SSSR count). The number of carbonyl (C=O) groups excluding carboxylic acids is 1. The van der Waals surface area contributed by atoms with E-state index in [9.17, 15) is 4.79 Å². The molecule has 0 aliphatic rings. The van der Waals surface area contributed by atoms with E-state index in [1.165, 1.54) is 0 Å². The maximum absolute atomic E-state index is 11.4. The summed E-state index contributed by atoms with van der Waals surface area (Å²) >= 11 is 0. The van der Waals surface area contributed by atoms with Crippen LogP contribution in [0.2, 0.25) is 0 Å². The number of benzene rings is 2. The summed E-state index contributed by atoms with van der Waals surface area (Å²) in [6.45, 7) is 1.61. The molecule has 3 nitrogen and oxygen atoms in total. The van der Waals surface area contributed by atoms with Crippen LogP contribution in [0.5, 0.6) is 11.5 Å². The fourth-order valence-electron chi connectivity index (χ4n) is 2.00. The van der Waals surface area contributed by atoms with Gasteiger partial charge in [-0.25, -0.2) is 0 Å². The Morgan fingerprint density at radius 3 is 2.20 bits per heavy atom. The summed E-state index contributed by atoms with van der Waals surface area (Å²) in [5, 5.41) is 3.02. The highest BCUT2D eigenvalue weighted by Crippen LogP contribution is 2.21. The van der Waals surface area contributed by atoms with Crippen molar-refractivity contribution in [1.82, 2.24) is 5.32 Å². The molecule has 1 atom stereocenters. The second kappa shape index (κ2) is 6.87. The van der Waals surface area contributed by atoms with Crippen molar-refractivity contribution in [3.8, 4) is 11.5 Å². The first kappa shape index (κ1) is 14.3. The minimum Gasteiger partial charge on any atom is -0.457 e. The second-order valence-electron chi connectivity index (χ2n) is 4.72.